The smallest absolute Gasteiger partial charge is 0.251 e. The van der Waals surface area contributed by atoms with Crippen LogP contribution in [0.4, 0.5) is 0 Å². The maximum atomic E-state index is 11.8. The molecule has 0 aliphatic heterocycles. The molecule has 0 unspecified atom stereocenters. The fourth-order valence-electron chi connectivity index (χ4n) is 1.96. The van der Waals surface area contributed by atoms with Crippen LogP contribution in [0.25, 0.3) is 0 Å². The number of rotatable bonds is 8. The summed E-state index contributed by atoms with van der Waals surface area (Å²) >= 11 is 3.37. The molecule has 0 saturated heterocycles. The maximum Gasteiger partial charge on any atom is 0.251 e. The van der Waals surface area contributed by atoms with Gasteiger partial charge in [-0.1, -0.05) is 61.5 Å². The number of hydrogen-bond donors (Lipinski definition) is 1. The second-order valence-electron chi connectivity index (χ2n) is 5.36. The van der Waals surface area contributed by atoms with E-state index in [1.165, 1.54) is 25.7 Å². The van der Waals surface area contributed by atoms with Gasteiger partial charge in [0, 0.05) is 16.6 Å². The van der Waals surface area contributed by atoms with Crippen molar-refractivity contribution < 1.29 is 4.79 Å². The van der Waals surface area contributed by atoms with Gasteiger partial charge in [0.05, 0.1) is 0 Å². The van der Waals surface area contributed by atoms with E-state index in [1.807, 2.05) is 24.3 Å². The molecule has 2 nitrogen and oxygen atoms in total. The number of carbonyl (C=O) groups excluding carboxylic acids is 1. The van der Waals surface area contributed by atoms with Gasteiger partial charge in [-0.2, -0.15) is 0 Å². The first-order valence-electron chi connectivity index (χ1n) is 7.13. The van der Waals surface area contributed by atoms with Gasteiger partial charge < -0.3 is 5.32 Å². The molecule has 1 N–H and O–H groups in total. The second kappa shape index (κ2) is 9.13. The zero-order chi connectivity index (χ0) is 14.1. The number of hydrogen-bond acceptors (Lipinski definition) is 1. The van der Waals surface area contributed by atoms with Crippen LogP contribution in [0, 0.1) is 5.92 Å². The minimum Gasteiger partial charge on any atom is -0.352 e. The van der Waals surface area contributed by atoms with E-state index in [9.17, 15) is 4.79 Å². The normalized spacial score (nSPS) is 10.7. The van der Waals surface area contributed by atoms with Crippen LogP contribution in [0.5, 0.6) is 0 Å². The average molecular weight is 326 g/mol. The quantitative estimate of drug-likeness (QED) is 0.684. The van der Waals surface area contributed by atoms with Crippen LogP contribution in [0.2, 0.25) is 0 Å². The fraction of sp³-hybridized carbons (Fsp3) is 0.562. The molecular formula is C16H24BrNO. The third-order valence-electron chi connectivity index (χ3n) is 3.08. The van der Waals surface area contributed by atoms with Crippen molar-refractivity contribution in [1.29, 1.82) is 0 Å². The Balaban J connectivity index is 2.11. The molecule has 0 fully saturated rings. The highest BCUT2D eigenvalue weighted by molar-refractivity contribution is 9.10. The van der Waals surface area contributed by atoms with Gasteiger partial charge in [0.25, 0.3) is 5.91 Å². The first kappa shape index (κ1) is 16.2. The SMILES string of the molecule is CC(C)CCCCCCNC(=O)c1cccc(Br)c1. The average Bonchev–Trinajstić information content (AvgIpc) is 2.37. The van der Waals surface area contributed by atoms with Gasteiger partial charge >= 0.3 is 0 Å². The number of amides is 1. The van der Waals surface area contributed by atoms with E-state index in [1.54, 1.807) is 0 Å². The molecule has 0 aliphatic carbocycles. The summed E-state index contributed by atoms with van der Waals surface area (Å²) in [6.45, 7) is 5.30. The first-order chi connectivity index (χ1) is 9.09. The predicted octanol–water partition coefficient (Wildman–Crippen LogP) is 4.79. The van der Waals surface area contributed by atoms with Gasteiger partial charge in [-0.3, -0.25) is 4.79 Å². The van der Waals surface area contributed by atoms with Crippen LogP contribution in [-0.2, 0) is 0 Å². The molecular weight excluding hydrogens is 302 g/mol. The van der Waals surface area contributed by atoms with E-state index in [-0.39, 0.29) is 5.91 Å². The summed E-state index contributed by atoms with van der Waals surface area (Å²) in [5, 5.41) is 2.97. The highest BCUT2D eigenvalue weighted by Crippen LogP contribution is 2.12. The number of unbranched alkanes of at least 4 members (excludes halogenated alkanes) is 3. The second-order valence-corrected chi connectivity index (χ2v) is 6.28. The van der Waals surface area contributed by atoms with Crippen LogP contribution in [0.1, 0.15) is 56.3 Å². The Morgan fingerprint density at radius 3 is 2.63 bits per heavy atom. The minimum atomic E-state index is 0.0171. The van der Waals surface area contributed by atoms with E-state index >= 15 is 0 Å². The van der Waals surface area contributed by atoms with Crippen molar-refractivity contribution in [3.05, 3.63) is 34.3 Å². The molecule has 0 saturated carbocycles. The number of carbonyl (C=O) groups is 1. The van der Waals surface area contributed by atoms with Gasteiger partial charge in [-0.15, -0.1) is 0 Å². The highest BCUT2D eigenvalue weighted by Gasteiger charge is 2.04. The zero-order valence-corrected chi connectivity index (χ0v) is 13.5. The van der Waals surface area contributed by atoms with Gasteiger partial charge in [0.1, 0.15) is 0 Å². The van der Waals surface area contributed by atoms with Crippen LogP contribution in [0.15, 0.2) is 28.7 Å². The summed E-state index contributed by atoms with van der Waals surface area (Å²) in [7, 11) is 0. The van der Waals surface area contributed by atoms with E-state index < -0.39 is 0 Å². The Labute approximate surface area is 125 Å². The lowest BCUT2D eigenvalue weighted by Gasteiger charge is -2.06. The summed E-state index contributed by atoms with van der Waals surface area (Å²) in [6.07, 6.45) is 6.15. The van der Waals surface area contributed by atoms with Gasteiger partial charge in [-0.25, -0.2) is 0 Å². The molecule has 19 heavy (non-hydrogen) atoms. The monoisotopic (exact) mass is 325 g/mol. The predicted molar refractivity (Wildman–Crippen MR) is 84.4 cm³/mol. The van der Waals surface area contributed by atoms with Crippen molar-refractivity contribution in [1.82, 2.24) is 5.32 Å². The molecule has 1 aromatic carbocycles. The third-order valence-corrected chi connectivity index (χ3v) is 3.57. The summed E-state index contributed by atoms with van der Waals surface area (Å²) in [5.41, 5.74) is 0.717. The number of halogens is 1. The summed E-state index contributed by atoms with van der Waals surface area (Å²) in [5.74, 6) is 0.819. The topological polar surface area (TPSA) is 29.1 Å². The van der Waals surface area contributed by atoms with Crippen molar-refractivity contribution in [2.45, 2.75) is 46.0 Å². The molecule has 1 rings (SSSR count). The first-order valence-corrected chi connectivity index (χ1v) is 7.92. The molecule has 1 amide bonds. The van der Waals surface area contributed by atoms with Crippen LogP contribution < -0.4 is 5.32 Å². The molecule has 0 radical (unpaired) electrons. The van der Waals surface area contributed by atoms with Crippen molar-refractivity contribution in [3.8, 4) is 0 Å². The molecule has 0 aliphatic rings. The molecule has 0 bridgehead atoms. The van der Waals surface area contributed by atoms with E-state index in [0.29, 0.717) is 5.56 Å². The summed E-state index contributed by atoms with van der Waals surface area (Å²) < 4.78 is 0.939. The lowest BCUT2D eigenvalue weighted by atomic mass is 10.0. The van der Waals surface area contributed by atoms with Gasteiger partial charge in [0.2, 0.25) is 0 Å². The molecule has 1 aromatic rings. The molecule has 3 heteroatoms. The van der Waals surface area contributed by atoms with Crippen molar-refractivity contribution in [2.75, 3.05) is 6.54 Å². The van der Waals surface area contributed by atoms with Crippen molar-refractivity contribution in [2.24, 2.45) is 5.92 Å². The lowest BCUT2D eigenvalue weighted by molar-refractivity contribution is 0.0953. The van der Waals surface area contributed by atoms with Gasteiger partial charge in [-0.05, 0) is 30.5 Å². The Bertz CT molecular complexity index is 390. The molecule has 0 atom stereocenters. The molecule has 0 heterocycles. The molecule has 0 spiro atoms. The standard InChI is InChI=1S/C16H24BrNO/c1-13(2)8-5-3-4-6-11-18-16(19)14-9-7-10-15(17)12-14/h7,9-10,12-13H,3-6,8,11H2,1-2H3,(H,18,19). The Hall–Kier alpha value is -0.830. The Morgan fingerprint density at radius 1 is 1.21 bits per heavy atom. The highest BCUT2D eigenvalue weighted by atomic mass is 79.9. The van der Waals surface area contributed by atoms with E-state index in [0.717, 1.165) is 23.4 Å². The van der Waals surface area contributed by atoms with E-state index in [4.69, 9.17) is 0 Å². The number of benzene rings is 1. The van der Waals surface area contributed by atoms with Crippen LogP contribution in [0.3, 0.4) is 0 Å². The molecule has 0 aromatic heterocycles. The Morgan fingerprint density at radius 2 is 1.95 bits per heavy atom. The summed E-state index contributed by atoms with van der Waals surface area (Å²) in [4.78, 5) is 11.8. The number of nitrogens with one attached hydrogen (secondary N) is 1. The van der Waals surface area contributed by atoms with Crippen molar-refractivity contribution in [3.63, 3.8) is 0 Å². The molecule has 106 valence electrons. The van der Waals surface area contributed by atoms with Crippen molar-refractivity contribution >= 4 is 21.8 Å². The third kappa shape index (κ3) is 7.36. The minimum absolute atomic E-state index is 0.0171. The lowest BCUT2D eigenvalue weighted by Crippen LogP contribution is -2.24. The fourth-order valence-corrected chi connectivity index (χ4v) is 2.36. The van der Waals surface area contributed by atoms with Gasteiger partial charge in [0.15, 0.2) is 0 Å². The summed E-state index contributed by atoms with van der Waals surface area (Å²) in [6, 6.07) is 7.48. The van der Waals surface area contributed by atoms with Crippen LogP contribution in [-0.4, -0.2) is 12.5 Å². The Kier molecular flexibility index (Phi) is 7.80. The van der Waals surface area contributed by atoms with Crippen LogP contribution >= 0.6 is 15.9 Å². The largest absolute Gasteiger partial charge is 0.352 e. The zero-order valence-electron chi connectivity index (χ0n) is 11.9. The maximum absolute atomic E-state index is 11.8. The van der Waals surface area contributed by atoms with E-state index in [2.05, 4.69) is 35.1 Å².